The van der Waals surface area contributed by atoms with Crippen molar-refractivity contribution in [2.75, 3.05) is 0 Å². The van der Waals surface area contributed by atoms with Gasteiger partial charge in [0.15, 0.2) is 0 Å². The number of nitrogens with zero attached hydrogens (tertiary/aromatic N) is 4. The van der Waals surface area contributed by atoms with E-state index in [1.807, 2.05) is 0 Å². The van der Waals surface area contributed by atoms with Crippen molar-refractivity contribution in [3.63, 3.8) is 0 Å². The van der Waals surface area contributed by atoms with Crippen molar-refractivity contribution in [2.24, 2.45) is 0 Å². The van der Waals surface area contributed by atoms with Gasteiger partial charge in [0, 0.05) is 24.7 Å². The molecule has 0 bridgehead atoms. The van der Waals surface area contributed by atoms with Gasteiger partial charge in [0.25, 0.3) is 11.1 Å². The Morgan fingerprint density at radius 1 is 1.11 bits per heavy atom. The van der Waals surface area contributed by atoms with Crippen molar-refractivity contribution in [1.29, 1.82) is 0 Å². The molecule has 0 saturated heterocycles. The summed E-state index contributed by atoms with van der Waals surface area (Å²) in [6.07, 6.45) is 5.47. The van der Waals surface area contributed by atoms with Gasteiger partial charge in [-0.3, -0.25) is 23.5 Å². The third-order valence-electron chi connectivity index (χ3n) is 2.55. The van der Waals surface area contributed by atoms with Crippen molar-refractivity contribution in [1.82, 2.24) is 23.9 Å². The Bertz CT molecular complexity index is 937. The Labute approximate surface area is 104 Å². The second-order valence-corrected chi connectivity index (χ2v) is 3.72. The lowest BCUT2D eigenvalue weighted by Gasteiger charge is -2.04. The van der Waals surface area contributed by atoms with Gasteiger partial charge in [-0.05, 0) is 6.07 Å². The van der Waals surface area contributed by atoms with E-state index in [1.165, 1.54) is 29.2 Å². The first kappa shape index (κ1) is 11.1. The Morgan fingerprint density at radius 2 is 1.95 bits per heavy atom. The largest absolute Gasteiger partial charge is 0.333 e. The summed E-state index contributed by atoms with van der Waals surface area (Å²) in [6, 6.07) is 2.73. The van der Waals surface area contributed by atoms with E-state index < -0.39 is 16.8 Å². The van der Waals surface area contributed by atoms with Crippen LogP contribution in [0.15, 0.2) is 51.3 Å². The van der Waals surface area contributed by atoms with Crippen LogP contribution in [0.5, 0.6) is 0 Å². The minimum Gasteiger partial charge on any atom is -0.274 e. The molecule has 0 radical (unpaired) electrons. The van der Waals surface area contributed by atoms with Gasteiger partial charge in [0.2, 0.25) is 5.78 Å². The molecule has 0 atom stereocenters. The van der Waals surface area contributed by atoms with E-state index in [-0.39, 0.29) is 11.5 Å². The molecule has 1 N–H and O–H groups in total. The molecular formula is C11H7N5O3. The summed E-state index contributed by atoms with van der Waals surface area (Å²) in [5.74, 6) is 0.230. The quantitative estimate of drug-likeness (QED) is 0.598. The average molecular weight is 257 g/mol. The topological polar surface area (TPSA) is 102 Å². The molecule has 0 aliphatic heterocycles. The molecule has 3 heterocycles. The van der Waals surface area contributed by atoms with E-state index in [9.17, 15) is 14.4 Å². The molecular weight excluding hydrogens is 250 g/mol. The standard InChI is InChI=1S/C11H7N5O3/c17-8-2-5-15(11(19)14-8)7-6-13-10-12-3-1-4-16(10)9(7)18/h1-6H,(H,14,17,19). The summed E-state index contributed by atoms with van der Waals surface area (Å²) in [4.78, 5) is 44.8. The number of aromatic nitrogens is 5. The van der Waals surface area contributed by atoms with Gasteiger partial charge in [-0.25, -0.2) is 14.8 Å². The average Bonchev–Trinajstić information content (AvgIpc) is 2.41. The lowest BCUT2D eigenvalue weighted by Crippen LogP contribution is -2.32. The first-order valence-corrected chi connectivity index (χ1v) is 5.31. The maximum atomic E-state index is 12.2. The SMILES string of the molecule is O=c1ccn(-c2cnc3ncccn3c2=O)c(=O)[nH]1. The maximum Gasteiger partial charge on any atom is 0.333 e. The van der Waals surface area contributed by atoms with Crippen LogP contribution in [0.25, 0.3) is 11.5 Å². The molecule has 0 saturated carbocycles. The normalized spacial score (nSPS) is 10.7. The van der Waals surface area contributed by atoms with Crippen LogP contribution in [0, 0.1) is 0 Å². The zero-order chi connectivity index (χ0) is 13.4. The third kappa shape index (κ3) is 1.75. The highest BCUT2D eigenvalue weighted by molar-refractivity contribution is 5.34. The van der Waals surface area contributed by atoms with Crippen molar-refractivity contribution >= 4 is 5.78 Å². The summed E-state index contributed by atoms with van der Waals surface area (Å²) in [7, 11) is 0. The van der Waals surface area contributed by atoms with E-state index >= 15 is 0 Å². The van der Waals surface area contributed by atoms with E-state index in [0.29, 0.717) is 0 Å². The van der Waals surface area contributed by atoms with Crippen LogP contribution in [-0.4, -0.2) is 23.9 Å². The van der Waals surface area contributed by atoms with E-state index in [1.54, 1.807) is 6.07 Å². The van der Waals surface area contributed by atoms with Crippen molar-refractivity contribution in [3.8, 4) is 5.69 Å². The smallest absolute Gasteiger partial charge is 0.274 e. The van der Waals surface area contributed by atoms with Crippen molar-refractivity contribution < 1.29 is 0 Å². The molecule has 0 amide bonds. The molecule has 8 nitrogen and oxygen atoms in total. The minimum absolute atomic E-state index is 0.0340. The Morgan fingerprint density at radius 3 is 2.74 bits per heavy atom. The molecule has 3 aromatic heterocycles. The lowest BCUT2D eigenvalue weighted by atomic mass is 10.4. The fraction of sp³-hybridized carbons (Fsp3) is 0. The monoisotopic (exact) mass is 257 g/mol. The third-order valence-corrected chi connectivity index (χ3v) is 2.55. The molecule has 8 heteroatoms. The highest BCUT2D eigenvalue weighted by atomic mass is 16.2. The summed E-state index contributed by atoms with van der Waals surface area (Å²) < 4.78 is 2.24. The van der Waals surface area contributed by atoms with Gasteiger partial charge in [-0.2, -0.15) is 0 Å². The lowest BCUT2D eigenvalue weighted by molar-refractivity contribution is 0.857. The highest BCUT2D eigenvalue weighted by Gasteiger charge is 2.08. The van der Waals surface area contributed by atoms with Gasteiger partial charge >= 0.3 is 5.69 Å². The van der Waals surface area contributed by atoms with Crippen LogP contribution >= 0.6 is 0 Å². The van der Waals surface area contributed by atoms with Crippen LogP contribution < -0.4 is 16.8 Å². The van der Waals surface area contributed by atoms with Crippen LogP contribution in [-0.2, 0) is 0 Å². The molecule has 94 valence electrons. The molecule has 0 fully saturated rings. The summed E-state index contributed by atoms with van der Waals surface area (Å²) in [5, 5.41) is 0. The predicted octanol–water partition coefficient (Wildman–Crippen LogP) is -1.07. The molecule has 0 aromatic carbocycles. The summed E-state index contributed by atoms with van der Waals surface area (Å²) in [6.45, 7) is 0. The number of fused-ring (bicyclic) bond motifs is 1. The second-order valence-electron chi connectivity index (χ2n) is 3.72. The van der Waals surface area contributed by atoms with Gasteiger partial charge in [-0.15, -0.1) is 0 Å². The molecule has 3 aromatic rings. The molecule has 0 unspecified atom stereocenters. The fourth-order valence-corrected chi connectivity index (χ4v) is 1.69. The Hall–Kier alpha value is -3.03. The summed E-state index contributed by atoms with van der Waals surface area (Å²) in [5.41, 5.74) is -1.65. The number of hydrogen-bond donors (Lipinski definition) is 1. The van der Waals surface area contributed by atoms with Gasteiger partial charge in [-0.1, -0.05) is 0 Å². The fourth-order valence-electron chi connectivity index (χ4n) is 1.69. The predicted molar refractivity (Wildman–Crippen MR) is 65.5 cm³/mol. The molecule has 0 aliphatic rings. The number of nitrogens with one attached hydrogen (secondary N) is 1. The molecule has 0 spiro atoms. The highest BCUT2D eigenvalue weighted by Crippen LogP contribution is 1.97. The van der Waals surface area contributed by atoms with Crippen LogP contribution in [0.4, 0.5) is 0 Å². The number of rotatable bonds is 1. The Kier molecular flexibility index (Phi) is 2.34. The van der Waals surface area contributed by atoms with E-state index in [0.717, 1.165) is 10.6 Å². The Balaban J connectivity index is 2.38. The van der Waals surface area contributed by atoms with Crippen LogP contribution in [0.1, 0.15) is 0 Å². The van der Waals surface area contributed by atoms with Gasteiger partial charge in [0.05, 0.1) is 6.20 Å². The first-order valence-electron chi connectivity index (χ1n) is 5.31. The van der Waals surface area contributed by atoms with Crippen LogP contribution in [0.2, 0.25) is 0 Å². The second kappa shape index (κ2) is 4.02. The van der Waals surface area contributed by atoms with Gasteiger partial charge < -0.3 is 0 Å². The van der Waals surface area contributed by atoms with Gasteiger partial charge in [0.1, 0.15) is 5.69 Å². The summed E-state index contributed by atoms with van der Waals surface area (Å²) >= 11 is 0. The maximum absolute atomic E-state index is 12.2. The zero-order valence-electron chi connectivity index (χ0n) is 9.48. The van der Waals surface area contributed by atoms with Crippen LogP contribution in [0.3, 0.4) is 0 Å². The first-order chi connectivity index (χ1) is 9.16. The number of hydrogen-bond acceptors (Lipinski definition) is 5. The van der Waals surface area contributed by atoms with E-state index in [4.69, 9.17) is 0 Å². The zero-order valence-corrected chi connectivity index (χ0v) is 9.48. The number of H-pyrrole nitrogens is 1. The van der Waals surface area contributed by atoms with Crippen molar-refractivity contribution in [3.05, 3.63) is 68.1 Å². The molecule has 19 heavy (non-hydrogen) atoms. The molecule has 3 rings (SSSR count). The minimum atomic E-state index is -0.699. The van der Waals surface area contributed by atoms with Crippen molar-refractivity contribution in [2.45, 2.75) is 0 Å². The van der Waals surface area contributed by atoms with E-state index in [2.05, 4.69) is 15.0 Å². The molecule has 0 aliphatic carbocycles. The number of aromatic amines is 1.